The van der Waals surface area contributed by atoms with E-state index in [2.05, 4.69) is 20.0 Å². The number of carbonyl (C=O) groups excluding carboxylic acids is 1. The van der Waals surface area contributed by atoms with Gasteiger partial charge in [0.1, 0.15) is 17.0 Å². The fourth-order valence-electron chi connectivity index (χ4n) is 3.39. The highest BCUT2D eigenvalue weighted by atomic mass is 35.5. The van der Waals surface area contributed by atoms with E-state index in [1.165, 1.54) is 6.07 Å². The monoisotopic (exact) mass is 507 g/mol. The van der Waals surface area contributed by atoms with Crippen molar-refractivity contribution in [1.82, 2.24) is 24.6 Å². The summed E-state index contributed by atoms with van der Waals surface area (Å²) in [6, 6.07) is 8.28. The number of amides is 2. The van der Waals surface area contributed by atoms with Gasteiger partial charge in [-0.3, -0.25) is 4.79 Å². The predicted octanol–water partition coefficient (Wildman–Crippen LogP) is 3.46. The Labute approximate surface area is 202 Å². The van der Waals surface area contributed by atoms with Gasteiger partial charge in [-0.2, -0.15) is 0 Å². The molecule has 182 valence electrons. The normalized spacial score (nSPS) is 11.5. The van der Waals surface area contributed by atoms with Gasteiger partial charge in [-0.25, -0.2) is 27.9 Å². The zero-order chi connectivity index (χ0) is 24.9. The van der Waals surface area contributed by atoms with Crippen molar-refractivity contribution in [2.75, 3.05) is 5.75 Å². The molecule has 3 N–H and O–H groups in total. The number of hydrogen-bond donors (Lipinski definition) is 3. The summed E-state index contributed by atoms with van der Waals surface area (Å²) >= 11 is 6.41. The van der Waals surface area contributed by atoms with Crippen molar-refractivity contribution < 1.29 is 23.1 Å². The van der Waals surface area contributed by atoms with Crippen LogP contribution in [0.25, 0.3) is 11.2 Å². The summed E-state index contributed by atoms with van der Waals surface area (Å²) in [6.07, 6.45) is 0.984. The van der Waals surface area contributed by atoms with Crippen molar-refractivity contribution >= 4 is 44.8 Å². The summed E-state index contributed by atoms with van der Waals surface area (Å²) in [4.78, 5) is 32.1. The molecule has 3 rings (SSSR count). The maximum atomic E-state index is 12.6. The molecule has 0 aliphatic rings. The van der Waals surface area contributed by atoms with Gasteiger partial charge in [0.05, 0.1) is 12.3 Å². The third kappa shape index (κ3) is 6.45. The molecule has 0 bridgehead atoms. The first-order valence-corrected chi connectivity index (χ1v) is 12.8. The van der Waals surface area contributed by atoms with Crippen LogP contribution >= 0.6 is 11.6 Å². The highest BCUT2D eigenvalue weighted by Gasteiger charge is 2.19. The molecule has 0 spiro atoms. The van der Waals surface area contributed by atoms with Crippen molar-refractivity contribution in [3.05, 3.63) is 58.0 Å². The van der Waals surface area contributed by atoms with E-state index in [0.717, 1.165) is 18.4 Å². The number of unbranched alkanes of at least 4 members (excludes halogenated alkanes) is 2. The second kappa shape index (κ2) is 10.8. The second-order valence-electron chi connectivity index (χ2n) is 7.83. The van der Waals surface area contributed by atoms with Gasteiger partial charge in [0.25, 0.3) is 5.91 Å². The quantitative estimate of drug-likeness (QED) is 0.356. The van der Waals surface area contributed by atoms with Crippen molar-refractivity contribution in [1.29, 1.82) is 0 Å². The first-order chi connectivity index (χ1) is 16.1. The molecule has 0 atom stereocenters. The molecule has 34 heavy (non-hydrogen) atoms. The van der Waals surface area contributed by atoms with Crippen LogP contribution in [0, 0.1) is 6.92 Å². The van der Waals surface area contributed by atoms with Gasteiger partial charge in [-0.1, -0.05) is 43.5 Å². The number of rotatable bonds is 10. The van der Waals surface area contributed by atoms with Gasteiger partial charge in [-0.05, 0) is 42.7 Å². The first kappa shape index (κ1) is 25.4. The second-order valence-corrected chi connectivity index (χ2v) is 10.1. The Bertz CT molecular complexity index is 1320. The van der Waals surface area contributed by atoms with Gasteiger partial charge >= 0.3 is 6.09 Å². The number of nitrogens with one attached hydrogen (secondary N) is 2. The fraction of sp³-hybridized carbons (Fsp3) is 0.364. The van der Waals surface area contributed by atoms with E-state index in [1.54, 1.807) is 35.8 Å². The number of benzene rings is 1. The molecule has 0 unspecified atom stereocenters. The molecule has 0 radical (unpaired) electrons. The molecule has 0 aliphatic carbocycles. The zero-order valence-electron chi connectivity index (χ0n) is 18.8. The Morgan fingerprint density at radius 1 is 1.15 bits per heavy atom. The Morgan fingerprint density at radius 2 is 1.91 bits per heavy atom. The van der Waals surface area contributed by atoms with E-state index in [-0.39, 0.29) is 18.0 Å². The Morgan fingerprint density at radius 3 is 2.59 bits per heavy atom. The molecular formula is C22H26ClN5O5S. The standard InChI is InChI=1S/C22H26ClN5O5S/c1-3-4-5-10-34(32,33)27-21(29)19-9-8-18-20(26-19)28(14(2)25-18)13-16-7-6-15(11-17(16)23)12-24-22(30)31/h6-9,11,24H,3-5,10,12-13H2,1-2H3,(H,27,29)(H,30,31). The van der Waals surface area contributed by atoms with E-state index < -0.39 is 22.0 Å². The van der Waals surface area contributed by atoms with Crippen LogP contribution in [0.3, 0.4) is 0 Å². The van der Waals surface area contributed by atoms with Crippen molar-refractivity contribution in [3.63, 3.8) is 0 Å². The van der Waals surface area contributed by atoms with Crippen LogP contribution in [-0.2, 0) is 23.1 Å². The SMILES string of the molecule is CCCCCS(=O)(=O)NC(=O)c1ccc2nc(C)n(Cc3ccc(CNC(=O)O)cc3Cl)c2n1. The molecule has 0 saturated heterocycles. The number of carbonyl (C=O) groups is 2. The van der Waals surface area contributed by atoms with Crippen LogP contribution in [0.5, 0.6) is 0 Å². The largest absolute Gasteiger partial charge is 0.465 e. The van der Waals surface area contributed by atoms with Crippen molar-refractivity contribution in [2.45, 2.75) is 46.2 Å². The smallest absolute Gasteiger partial charge is 0.404 e. The summed E-state index contributed by atoms with van der Waals surface area (Å²) in [5, 5.41) is 11.5. The minimum atomic E-state index is -3.75. The molecule has 12 heteroatoms. The fourth-order valence-corrected chi connectivity index (χ4v) is 4.73. The maximum absolute atomic E-state index is 12.6. The van der Waals surface area contributed by atoms with Gasteiger partial charge in [0, 0.05) is 11.6 Å². The molecule has 3 aromatic rings. The lowest BCUT2D eigenvalue weighted by atomic mass is 10.1. The minimum absolute atomic E-state index is 0.0334. The lowest BCUT2D eigenvalue weighted by Crippen LogP contribution is -2.33. The zero-order valence-corrected chi connectivity index (χ0v) is 20.4. The summed E-state index contributed by atoms with van der Waals surface area (Å²) in [5.41, 5.74) is 2.40. The highest BCUT2D eigenvalue weighted by Crippen LogP contribution is 2.22. The number of aryl methyl sites for hydroxylation is 1. The maximum Gasteiger partial charge on any atom is 0.404 e. The van der Waals surface area contributed by atoms with Gasteiger partial charge < -0.3 is 15.0 Å². The molecule has 1 aromatic carbocycles. The summed E-state index contributed by atoms with van der Waals surface area (Å²) in [6.45, 7) is 4.19. The lowest BCUT2D eigenvalue weighted by Gasteiger charge is -2.11. The number of imidazole rings is 1. The third-order valence-corrected chi connectivity index (χ3v) is 6.84. The predicted molar refractivity (Wildman–Crippen MR) is 128 cm³/mol. The average molecular weight is 508 g/mol. The summed E-state index contributed by atoms with van der Waals surface area (Å²) in [5.74, 6) is -0.278. The number of carboxylic acid groups (broad SMARTS) is 1. The van der Waals surface area contributed by atoms with Crippen LogP contribution in [0.15, 0.2) is 30.3 Å². The highest BCUT2D eigenvalue weighted by molar-refractivity contribution is 7.90. The topological polar surface area (TPSA) is 143 Å². The van der Waals surface area contributed by atoms with E-state index in [1.807, 2.05) is 6.92 Å². The number of pyridine rings is 1. The van der Waals surface area contributed by atoms with Crippen molar-refractivity contribution in [2.24, 2.45) is 0 Å². The first-order valence-electron chi connectivity index (χ1n) is 10.7. The van der Waals surface area contributed by atoms with Gasteiger partial charge in [-0.15, -0.1) is 0 Å². The molecular weight excluding hydrogens is 482 g/mol. The van der Waals surface area contributed by atoms with E-state index in [4.69, 9.17) is 16.7 Å². The lowest BCUT2D eigenvalue weighted by molar-refractivity contribution is 0.0976. The molecule has 0 aliphatic heterocycles. The number of fused-ring (bicyclic) bond motifs is 1. The van der Waals surface area contributed by atoms with Gasteiger partial charge in [0.2, 0.25) is 10.0 Å². The number of nitrogens with zero attached hydrogens (tertiary/aromatic N) is 3. The number of hydrogen-bond acceptors (Lipinski definition) is 6. The van der Waals surface area contributed by atoms with E-state index >= 15 is 0 Å². The molecule has 0 fully saturated rings. The number of halogens is 1. The van der Waals surface area contributed by atoms with Crippen LogP contribution in [0.4, 0.5) is 4.79 Å². The number of sulfonamides is 1. The van der Waals surface area contributed by atoms with Crippen LogP contribution in [0.2, 0.25) is 5.02 Å². The molecule has 10 nitrogen and oxygen atoms in total. The summed E-state index contributed by atoms with van der Waals surface area (Å²) < 4.78 is 28.2. The average Bonchev–Trinajstić information content (AvgIpc) is 3.08. The third-order valence-electron chi connectivity index (χ3n) is 5.17. The number of aromatic nitrogens is 3. The minimum Gasteiger partial charge on any atom is -0.465 e. The molecule has 2 aromatic heterocycles. The van der Waals surface area contributed by atoms with Crippen LogP contribution in [-0.4, -0.2) is 45.8 Å². The summed E-state index contributed by atoms with van der Waals surface area (Å²) in [7, 11) is -3.75. The Hall–Kier alpha value is -3.18. The van der Waals surface area contributed by atoms with Crippen molar-refractivity contribution in [3.8, 4) is 0 Å². The molecule has 2 heterocycles. The Balaban J connectivity index is 1.83. The van der Waals surface area contributed by atoms with E-state index in [9.17, 15) is 18.0 Å². The van der Waals surface area contributed by atoms with Gasteiger partial charge in [0.15, 0.2) is 5.65 Å². The van der Waals surface area contributed by atoms with E-state index in [0.29, 0.717) is 40.5 Å². The van der Waals surface area contributed by atoms with Crippen LogP contribution in [0.1, 0.15) is 53.6 Å². The molecule has 2 amide bonds. The molecule has 0 saturated carbocycles. The Kier molecular flexibility index (Phi) is 8.11. The van der Waals surface area contributed by atoms with Crippen LogP contribution < -0.4 is 10.0 Å².